The first-order valence-electron chi connectivity index (χ1n) is 5.33. The van der Waals surface area contributed by atoms with Crippen LogP contribution < -0.4 is 4.74 Å². The number of alkyl halides is 3. The van der Waals surface area contributed by atoms with Crippen molar-refractivity contribution in [1.82, 2.24) is 0 Å². The zero-order chi connectivity index (χ0) is 13.9. The number of hydrogen-bond donors (Lipinski definition) is 0. The lowest BCUT2D eigenvalue weighted by atomic mass is 10.2. The summed E-state index contributed by atoms with van der Waals surface area (Å²) in [6.07, 6.45) is -3.03. The van der Waals surface area contributed by atoms with Gasteiger partial charge in [0.2, 0.25) is 5.78 Å². The molecule has 2 rings (SSSR count). The van der Waals surface area contributed by atoms with E-state index in [9.17, 15) is 18.0 Å². The van der Waals surface area contributed by atoms with Crippen LogP contribution in [0.25, 0.3) is 0 Å². The third-order valence-electron chi connectivity index (χ3n) is 2.35. The number of Topliss-reactive ketones (excluding diaryl/α,β-unsaturated/α-hetero) is 1. The van der Waals surface area contributed by atoms with E-state index in [0.29, 0.717) is 0 Å². The molecule has 0 unspecified atom stereocenters. The highest BCUT2D eigenvalue weighted by Crippen LogP contribution is 2.30. The van der Waals surface area contributed by atoms with Crippen molar-refractivity contribution in [3.05, 3.63) is 54.0 Å². The highest BCUT2D eigenvalue weighted by Gasteiger charge is 2.30. The number of rotatable bonds is 4. The number of benzene rings is 1. The van der Waals surface area contributed by atoms with Crippen molar-refractivity contribution in [2.45, 2.75) is 6.18 Å². The van der Waals surface area contributed by atoms with Gasteiger partial charge >= 0.3 is 6.18 Å². The molecule has 0 aliphatic rings. The van der Waals surface area contributed by atoms with Crippen molar-refractivity contribution in [2.24, 2.45) is 0 Å². The number of ether oxygens (including phenoxy) is 1. The van der Waals surface area contributed by atoms with E-state index in [1.807, 2.05) is 0 Å². The number of ketones is 1. The normalized spacial score (nSPS) is 11.3. The maximum Gasteiger partial charge on any atom is 0.416 e. The molecule has 0 aliphatic carbocycles. The summed E-state index contributed by atoms with van der Waals surface area (Å²) in [6, 6.07) is 7.17. The van der Waals surface area contributed by atoms with Crippen molar-refractivity contribution < 1.29 is 27.1 Å². The molecule has 2 aromatic rings. The van der Waals surface area contributed by atoms with Gasteiger partial charge in [-0.2, -0.15) is 13.2 Å². The van der Waals surface area contributed by atoms with Crippen LogP contribution in [0.3, 0.4) is 0 Å². The molecular weight excluding hydrogens is 261 g/mol. The van der Waals surface area contributed by atoms with Crippen LogP contribution in [0.1, 0.15) is 16.1 Å². The Labute approximate surface area is 106 Å². The largest absolute Gasteiger partial charge is 0.485 e. The van der Waals surface area contributed by atoms with Gasteiger partial charge in [-0.05, 0) is 36.4 Å². The van der Waals surface area contributed by atoms with Gasteiger partial charge in [-0.1, -0.05) is 0 Å². The summed E-state index contributed by atoms with van der Waals surface area (Å²) in [5.41, 5.74) is -0.766. The van der Waals surface area contributed by atoms with E-state index in [1.165, 1.54) is 12.3 Å². The fourth-order valence-corrected chi connectivity index (χ4v) is 1.40. The Kier molecular flexibility index (Phi) is 3.59. The van der Waals surface area contributed by atoms with E-state index in [0.717, 1.165) is 24.3 Å². The van der Waals surface area contributed by atoms with Gasteiger partial charge in [0, 0.05) is 0 Å². The molecule has 0 spiro atoms. The maximum atomic E-state index is 12.3. The number of hydrogen-bond acceptors (Lipinski definition) is 3. The van der Waals surface area contributed by atoms with Crippen molar-refractivity contribution in [1.29, 1.82) is 0 Å². The second-order valence-corrected chi connectivity index (χ2v) is 3.71. The molecule has 0 atom stereocenters. The standard InChI is InChI=1S/C13H9F3O3/c14-13(15,16)9-3-5-10(6-4-9)19-8-11(17)12-2-1-7-18-12/h1-7H,8H2. The average molecular weight is 270 g/mol. The number of furan rings is 1. The summed E-state index contributed by atoms with van der Waals surface area (Å²) >= 11 is 0. The van der Waals surface area contributed by atoms with Gasteiger partial charge in [0.25, 0.3) is 0 Å². The van der Waals surface area contributed by atoms with Gasteiger partial charge in [-0.15, -0.1) is 0 Å². The highest BCUT2D eigenvalue weighted by molar-refractivity contribution is 5.94. The summed E-state index contributed by atoms with van der Waals surface area (Å²) in [5.74, 6) is -0.0512. The van der Waals surface area contributed by atoms with Crippen LogP contribution in [0.15, 0.2) is 47.1 Å². The Balaban J connectivity index is 1.95. The van der Waals surface area contributed by atoms with Gasteiger partial charge in [-0.3, -0.25) is 4.79 Å². The molecule has 1 aromatic heterocycles. The van der Waals surface area contributed by atoms with Crippen molar-refractivity contribution >= 4 is 5.78 Å². The van der Waals surface area contributed by atoms with Crippen molar-refractivity contribution in [3.63, 3.8) is 0 Å². The van der Waals surface area contributed by atoms with Gasteiger partial charge < -0.3 is 9.15 Å². The highest BCUT2D eigenvalue weighted by atomic mass is 19.4. The predicted molar refractivity (Wildman–Crippen MR) is 60.0 cm³/mol. The summed E-state index contributed by atoms with van der Waals surface area (Å²) in [6.45, 7) is -0.293. The van der Waals surface area contributed by atoms with Crippen molar-refractivity contribution in [3.8, 4) is 5.75 Å². The van der Waals surface area contributed by atoms with E-state index < -0.39 is 11.7 Å². The molecule has 19 heavy (non-hydrogen) atoms. The summed E-state index contributed by atoms with van der Waals surface area (Å²) < 4.78 is 46.9. The Hall–Kier alpha value is -2.24. The van der Waals surface area contributed by atoms with Crippen LogP contribution in [0, 0.1) is 0 Å². The van der Waals surface area contributed by atoms with Crippen LogP contribution >= 0.6 is 0 Å². The average Bonchev–Trinajstić information content (AvgIpc) is 2.89. The molecule has 3 nitrogen and oxygen atoms in total. The van der Waals surface area contributed by atoms with Gasteiger partial charge in [0.05, 0.1) is 11.8 Å². The maximum absolute atomic E-state index is 12.3. The zero-order valence-corrected chi connectivity index (χ0v) is 9.61. The molecule has 0 aliphatic heterocycles. The third-order valence-corrected chi connectivity index (χ3v) is 2.35. The first-order chi connectivity index (χ1) is 8.97. The quantitative estimate of drug-likeness (QED) is 0.797. The number of carbonyl (C=O) groups excluding carboxylic acids is 1. The monoisotopic (exact) mass is 270 g/mol. The topological polar surface area (TPSA) is 39.4 Å². The molecule has 6 heteroatoms. The molecule has 0 radical (unpaired) electrons. The van der Waals surface area contributed by atoms with Crippen LogP contribution in [-0.2, 0) is 6.18 Å². The number of carbonyl (C=O) groups is 1. The molecule has 0 bridgehead atoms. The summed E-state index contributed by atoms with van der Waals surface area (Å²) in [7, 11) is 0. The minimum atomic E-state index is -4.39. The molecule has 0 amide bonds. The summed E-state index contributed by atoms with van der Waals surface area (Å²) in [5, 5.41) is 0. The minimum absolute atomic E-state index is 0.145. The van der Waals surface area contributed by atoms with Gasteiger partial charge in [0.1, 0.15) is 5.75 Å². The van der Waals surface area contributed by atoms with Crippen LogP contribution in [0.4, 0.5) is 13.2 Å². The number of halogens is 3. The Morgan fingerprint density at radius 3 is 2.37 bits per heavy atom. The Morgan fingerprint density at radius 2 is 1.84 bits per heavy atom. The molecule has 0 saturated carbocycles. The SMILES string of the molecule is O=C(COc1ccc(C(F)(F)F)cc1)c1ccco1. The minimum Gasteiger partial charge on any atom is -0.485 e. The van der Waals surface area contributed by atoms with Crippen LogP contribution in [0.5, 0.6) is 5.75 Å². The lowest BCUT2D eigenvalue weighted by Gasteiger charge is -2.08. The molecule has 0 saturated heterocycles. The van der Waals surface area contributed by atoms with E-state index in [1.54, 1.807) is 6.07 Å². The second kappa shape index (κ2) is 5.17. The first kappa shape index (κ1) is 13.2. The Morgan fingerprint density at radius 1 is 1.16 bits per heavy atom. The predicted octanol–water partition coefficient (Wildman–Crippen LogP) is 3.56. The third kappa shape index (κ3) is 3.37. The van der Waals surface area contributed by atoms with Gasteiger partial charge in [-0.25, -0.2) is 0 Å². The van der Waals surface area contributed by atoms with E-state index in [-0.39, 0.29) is 23.9 Å². The van der Waals surface area contributed by atoms with Crippen LogP contribution in [-0.4, -0.2) is 12.4 Å². The molecule has 0 fully saturated rings. The summed E-state index contributed by atoms with van der Waals surface area (Å²) in [4.78, 5) is 11.5. The van der Waals surface area contributed by atoms with Crippen molar-refractivity contribution in [2.75, 3.05) is 6.61 Å². The second-order valence-electron chi connectivity index (χ2n) is 3.71. The smallest absolute Gasteiger partial charge is 0.416 e. The molecule has 1 aromatic carbocycles. The lowest BCUT2D eigenvalue weighted by Crippen LogP contribution is -2.11. The fraction of sp³-hybridized carbons (Fsp3) is 0.154. The lowest BCUT2D eigenvalue weighted by molar-refractivity contribution is -0.137. The fourth-order valence-electron chi connectivity index (χ4n) is 1.40. The zero-order valence-electron chi connectivity index (χ0n) is 9.61. The molecule has 100 valence electrons. The first-order valence-corrected chi connectivity index (χ1v) is 5.33. The molecule has 0 N–H and O–H groups in total. The Bertz CT molecular complexity index is 542. The van der Waals surface area contributed by atoms with E-state index >= 15 is 0 Å². The van der Waals surface area contributed by atoms with E-state index in [2.05, 4.69) is 0 Å². The van der Waals surface area contributed by atoms with E-state index in [4.69, 9.17) is 9.15 Å². The van der Waals surface area contributed by atoms with Gasteiger partial charge in [0.15, 0.2) is 12.4 Å². The molecular formula is C13H9F3O3. The van der Waals surface area contributed by atoms with Crippen LogP contribution in [0.2, 0.25) is 0 Å². The molecule has 1 heterocycles.